The first-order valence-electron chi connectivity index (χ1n) is 11.0. The van der Waals surface area contributed by atoms with Crippen molar-refractivity contribution in [3.63, 3.8) is 0 Å². The van der Waals surface area contributed by atoms with Crippen LogP contribution in [0.1, 0.15) is 22.4 Å². The smallest absolute Gasteiger partial charge is 0.257 e. The van der Waals surface area contributed by atoms with E-state index < -0.39 is 33.1 Å². The Morgan fingerprint density at radius 3 is 2.00 bits per heavy atom. The van der Waals surface area contributed by atoms with Crippen molar-refractivity contribution in [1.82, 2.24) is 4.98 Å². The van der Waals surface area contributed by atoms with Gasteiger partial charge in [-0.3, -0.25) is 9.29 Å². The number of pyridine rings is 1. The Labute approximate surface area is 217 Å². The van der Waals surface area contributed by atoms with E-state index in [1.807, 2.05) is 0 Å². The molecule has 0 amide bonds. The number of hydrogen-bond acceptors (Lipinski definition) is 3. The van der Waals surface area contributed by atoms with Crippen molar-refractivity contribution in [3.8, 4) is 0 Å². The SMILES string of the molecule is CS(=O)(=O)N(c1ccccc1)[C@](Cc1ccccc1)(c1cc(F)cc(C(F)(F)F)c1)c1ccc(Cl)cn1. The lowest BCUT2D eigenvalue weighted by Crippen LogP contribution is -2.52. The number of anilines is 1. The number of para-hydroxylation sites is 1. The van der Waals surface area contributed by atoms with Gasteiger partial charge in [0.1, 0.15) is 11.4 Å². The van der Waals surface area contributed by atoms with Crippen LogP contribution in [0, 0.1) is 5.82 Å². The standard InChI is InChI=1S/C27H21ClF4N2O2S/c1-37(35,36)34(24-10-6-3-7-11-24)26(17-19-8-4-2-5-9-19,25-13-12-22(28)18-33-25)20-14-21(27(30,31)32)16-23(29)15-20/h2-16,18H,17H2,1H3/t26-/m1/s1. The number of halogens is 5. The summed E-state index contributed by atoms with van der Waals surface area (Å²) in [6.45, 7) is 0. The average molecular weight is 549 g/mol. The molecule has 0 aliphatic carbocycles. The second kappa shape index (κ2) is 10.1. The minimum absolute atomic E-state index is 0.0637. The predicted octanol–water partition coefficient (Wildman–Crippen LogP) is 6.85. The number of hydrogen-bond donors (Lipinski definition) is 0. The van der Waals surface area contributed by atoms with Gasteiger partial charge in [0, 0.05) is 12.6 Å². The van der Waals surface area contributed by atoms with Crippen molar-refractivity contribution in [2.45, 2.75) is 18.1 Å². The van der Waals surface area contributed by atoms with Gasteiger partial charge in [0.2, 0.25) is 10.0 Å². The monoisotopic (exact) mass is 548 g/mol. The molecule has 0 spiro atoms. The van der Waals surface area contributed by atoms with E-state index in [2.05, 4.69) is 4.98 Å². The van der Waals surface area contributed by atoms with Gasteiger partial charge in [-0.25, -0.2) is 12.8 Å². The molecule has 0 aliphatic heterocycles. The minimum atomic E-state index is -4.88. The topological polar surface area (TPSA) is 50.3 Å². The van der Waals surface area contributed by atoms with Gasteiger partial charge < -0.3 is 0 Å². The Kier molecular flexibility index (Phi) is 7.30. The lowest BCUT2D eigenvalue weighted by Gasteiger charge is -2.44. The molecule has 37 heavy (non-hydrogen) atoms. The van der Waals surface area contributed by atoms with Gasteiger partial charge in [-0.2, -0.15) is 13.2 Å². The van der Waals surface area contributed by atoms with Gasteiger partial charge in [0.25, 0.3) is 0 Å². The van der Waals surface area contributed by atoms with Crippen LogP contribution < -0.4 is 4.31 Å². The zero-order valence-electron chi connectivity index (χ0n) is 19.5. The van der Waals surface area contributed by atoms with Crippen LogP contribution in [0.4, 0.5) is 23.2 Å². The lowest BCUT2D eigenvalue weighted by atomic mass is 9.79. The molecule has 10 heteroatoms. The summed E-state index contributed by atoms with van der Waals surface area (Å²) in [5.41, 5.74) is -2.61. The van der Waals surface area contributed by atoms with E-state index in [9.17, 15) is 26.0 Å². The van der Waals surface area contributed by atoms with Gasteiger partial charge in [-0.05, 0) is 53.6 Å². The van der Waals surface area contributed by atoms with E-state index in [0.717, 1.165) is 22.7 Å². The number of sulfonamides is 1. The third kappa shape index (κ3) is 5.62. The van der Waals surface area contributed by atoms with Crippen molar-refractivity contribution in [1.29, 1.82) is 0 Å². The van der Waals surface area contributed by atoms with E-state index in [0.29, 0.717) is 11.6 Å². The highest BCUT2D eigenvalue weighted by molar-refractivity contribution is 7.92. The molecule has 0 saturated heterocycles. The fraction of sp³-hybridized carbons (Fsp3) is 0.148. The van der Waals surface area contributed by atoms with Crippen LogP contribution in [0.2, 0.25) is 5.02 Å². The summed E-state index contributed by atoms with van der Waals surface area (Å²) in [6.07, 6.45) is -2.83. The molecule has 0 unspecified atom stereocenters. The predicted molar refractivity (Wildman–Crippen MR) is 135 cm³/mol. The van der Waals surface area contributed by atoms with Crippen LogP contribution in [0.25, 0.3) is 0 Å². The van der Waals surface area contributed by atoms with E-state index in [4.69, 9.17) is 11.6 Å². The minimum Gasteiger partial charge on any atom is -0.257 e. The maximum absolute atomic E-state index is 14.9. The molecule has 0 N–H and O–H groups in total. The molecule has 1 atom stereocenters. The summed E-state index contributed by atoms with van der Waals surface area (Å²) in [7, 11) is -4.21. The molecule has 0 radical (unpaired) electrons. The number of rotatable bonds is 7. The summed E-state index contributed by atoms with van der Waals surface area (Å²) in [5, 5.41) is 0.234. The zero-order valence-corrected chi connectivity index (χ0v) is 21.0. The Balaban J connectivity index is 2.19. The first kappa shape index (κ1) is 26.6. The van der Waals surface area contributed by atoms with Gasteiger partial charge in [0.05, 0.1) is 28.2 Å². The van der Waals surface area contributed by atoms with E-state index in [-0.39, 0.29) is 28.4 Å². The van der Waals surface area contributed by atoms with Crippen LogP contribution >= 0.6 is 11.6 Å². The molecule has 1 aromatic heterocycles. The number of benzene rings is 3. The number of alkyl halides is 3. The van der Waals surface area contributed by atoms with Crippen LogP contribution in [0.15, 0.2) is 97.2 Å². The maximum atomic E-state index is 14.9. The van der Waals surface area contributed by atoms with E-state index >= 15 is 0 Å². The van der Waals surface area contributed by atoms with Crippen LogP contribution in [0.3, 0.4) is 0 Å². The summed E-state index contributed by atoms with van der Waals surface area (Å²) < 4.78 is 84.4. The molecule has 0 bridgehead atoms. The second-order valence-electron chi connectivity index (χ2n) is 8.47. The van der Waals surface area contributed by atoms with Crippen molar-refractivity contribution in [2.24, 2.45) is 0 Å². The second-order valence-corrected chi connectivity index (χ2v) is 10.7. The highest BCUT2D eigenvalue weighted by Crippen LogP contribution is 2.45. The fourth-order valence-corrected chi connectivity index (χ4v) is 5.84. The average Bonchev–Trinajstić information content (AvgIpc) is 2.83. The molecule has 0 aliphatic rings. The van der Waals surface area contributed by atoms with E-state index in [1.165, 1.54) is 30.5 Å². The zero-order chi connectivity index (χ0) is 26.8. The Morgan fingerprint density at radius 1 is 0.865 bits per heavy atom. The lowest BCUT2D eigenvalue weighted by molar-refractivity contribution is -0.137. The largest absolute Gasteiger partial charge is 0.416 e. The van der Waals surface area contributed by atoms with Gasteiger partial charge >= 0.3 is 6.18 Å². The van der Waals surface area contributed by atoms with E-state index in [1.54, 1.807) is 48.5 Å². The molecule has 3 aromatic carbocycles. The normalized spacial score (nSPS) is 13.7. The van der Waals surface area contributed by atoms with Crippen molar-refractivity contribution in [3.05, 3.63) is 130 Å². The molecular weight excluding hydrogens is 528 g/mol. The summed E-state index contributed by atoms with van der Waals surface area (Å²) >= 11 is 6.06. The Hall–Kier alpha value is -3.43. The number of aromatic nitrogens is 1. The first-order chi connectivity index (χ1) is 17.4. The highest BCUT2D eigenvalue weighted by Gasteiger charge is 2.48. The summed E-state index contributed by atoms with van der Waals surface area (Å²) in [6, 6.07) is 21.5. The molecular formula is C27H21ClF4N2O2S. The third-order valence-electron chi connectivity index (χ3n) is 5.83. The molecule has 0 fully saturated rings. The molecule has 4 nitrogen and oxygen atoms in total. The Morgan fingerprint density at radius 2 is 1.46 bits per heavy atom. The fourth-order valence-electron chi connectivity index (χ4n) is 4.40. The van der Waals surface area contributed by atoms with Gasteiger partial charge in [0.15, 0.2) is 0 Å². The molecule has 4 rings (SSSR count). The highest BCUT2D eigenvalue weighted by atomic mass is 35.5. The summed E-state index contributed by atoms with van der Waals surface area (Å²) in [4.78, 5) is 4.36. The van der Waals surface area contributed by atoms with Gasteiger partial charge in [-0.1, -0.05) is 60.1 Å². The van der Waals surface area contributed by atoms with Crippen LogP contribution in [0.5, 0.6) is 0 Å². The third-order valence-corrected chi connectivity index (χ3v) is 7.23. The maximum Gasteiger partial charge on any atom is 0.416 e. The van der Waals surface area contributed by atoms with Crippen molar-refractivity contribution >= 4 is 27.3 Å². The first-order valence-corrected chi connectivity index (χ1v) is 13.2. The molecule has 192 valence electrons. The van der Waals surface area contributed by atoms with Crippen molar-refractivity contribution < 1.29 is 26.0 Å². The summed E-state index contributed by atoms with van der Waals surface area (Å²) in [5.74, 6) is -1.17. The number of nitrogens with zero attached hydrogens (tertiary/aromatic N) is 2. The van der Waals surface area contributed by atoms with Gasteiger partial charge in [-0.15, -0.1) is 0 Å². The van der Waals surface area contributed by atoms with Crippen LogP contribution in [-0.4, -0.2) is 19.7 Å². The molecule has 1 heterocycles. The molecule has 4 aromatic rings. The van der Waals surface area contributed by atoms with Crippen LogP contribution in [-0.2, 0) is 28.2 Å². The Bertz CT molecular complexity index is 1480. The molecule has 0 saturated carbocycles. The quantitative estimate of drug-likeness (QED) is 0.237. The van der Waals surface area contributed by atoms with Crippen molar-refractivity contribution in [2.75, 3.05) is 10.6 Å².